The van der Waals surface area contributed by atoms with Gasteiger partial charge >= 0.3 is 0 Å². The van der Waals surface area contributed by atoms with Crippen molar-refractivity contribution in [1.82, 2.24) is 10.6 Å². The predicted molar refractivity (Wildman–Crippen MR) is 73.4 cm³/mol. The van der Waals surface area contributed by atoms with Gasteiger partial charge in [-0.15, -0.1) is 0 Å². The molecule has 3 rings (SSSR count). The standard InChI is InChI=1S/C14H17N3O3/c18-13-4-2-10(7-16-13)15-6-9-1-3-12-11(5-9)17-14(19)8-20-12/h1,3,5,10,15H,2,4,6-8H2,(H,16,18)(H,17,19). The highest BCUT2D eigenvalue weighted by molar-refractivity contribution is 5.95. The first kappa shape index (κ1) is 12.9. The van der Waals surface area contributed by atoms with Crippen LogP contribution in [0.15, 0.2) is 18.2 Å². The second kappa shape index (κ2) is 5.50. The fraction of sp³-hybridized carbons (Fsp3) is 0.429. The van der Waals surface area contributed by atoms with Crippen molar-refractivity contribution in [2.24, 2.45) is 0 Å². The summed E-state index contributed by atoms with van der Waals surface area (Å²) in [7, 11) is 0. The smallest absolute Gasteiger partial charge is 0.262 e. The highest BCUT2D eigenvalue weighted by Gasteiger charge is 2.18. The van der Waals surface area contributed by atoms with Crippen molar-refractivity contribution in [1.29, 1.82) is 0 Å². The van der Waals surface area contributed by atoms with Crippen LogP contribution in [0.4, 0.5) is 5.69 Å². The van der Waals surface area contributed by atoms with E-state index in [0.717, 1.165) is 17.7 Å². The van der Waals surface area contributed by atoms with E-state index in [0.29, 0.717) is 31.3 Å². The zero-order valence-electron chi connectivity index (χ0n) is 11.1. The molecule has 0 aliphatic carbocycles. The minimum Gasteiger partial charge on any atom is -0.482 e. The number of amides is 2. The van der Waals surface area contributed by atoms with E-state index in [1.165, 1.54) is 0 Å². The lowest BCUT2D eigenvalue weighted by Crippen LogP contribution is -2.45. The van der Waals surface area contributed by atoms with Crippen LogP contribution in [0.1, 0.15) is 18.4 Å². The average Bonchev–Trinajstić information content (AvgIpc) is 2.46. The summed E-state index contributed by atoms with van der Waals surface area (Å²) in [6.07, 6.45) is 1.43. The molecule has 1 atom stereocenters. The Balaban J connectivity index is 1.59. The summed E-state index contributed by atoms with van der Waals surface area (Å²) >= 11 is 0. The van der Waals surface area contributed by atoms with Crippen LogP contribution in [0.3, 0.4) is 0 Å². The van der Waals surface area contributed by atoms with Gasteiger partial charge in [-0.2, -0.15) is 0 Å². The topological polar surface area (TPSA) is 79.5 Å². The van der Waals surface area contributed by atoms with Crippen LogP contribution in [0.2, 0.25) is 0 Å². The monoisotopic (exact) mass is 275 g/mol. The van der Waals surface area contributed by atoms with E-state index < -0.39 is 0 Å². The SMILES string of the molecule is O=C1CCC(NCc2ccc3c(c2)NC(=O)CO3)CN1. The summed E-state index contributed by atoms with van der Waals surface area (Å²) in [5.74, 6) is 0.701. The first-order valence-electron chi connectivity index (χ1n) is 6.76. The Hall–Kier alpha value is -2.08. The minimum absolute atomic E-state index is 0.0758. The maximum absolute atomic E-state index is 11.3. The van der Waals surface area contributed by atoms with E-state index in [9.17, 15) is 9.59 Å². The Morgan fingerprint density at radius 3 is 3.00 bits per heavy atom. The molecule has 0 aromatic heterocycles. The highest BCUT2D eigenvalue weighted by atomic mass is 16.5. The first-order chi connectivity index (χ1) is 9.70. The number of ether oxygens (including phenoxy) is 1. The molecule has 106 valence electrons. The summed E-state index contributed by atoms with van der Waals surface area (Å²) in [4.78, 5) is 22.4. The van der Waals surface area contributed by atoms with Crippen LogP contribution in [0.25, 0.3) is 0 Å². The molecule has 0 saturated carbocycles. The molecule has 6 heteroatoms. The Morgan fingerprint density at radius 1 is 1.30 bits per heavy atom. The number of anilines is 1. The fourth-order valence-electron chi connectivity index (χ4n) is 2.41. The summed E-state index contributed by atoms with van der Waals surface area (Å²) in [5.41, 5.74) is 1.80. The van der Waals surface area contributed by atoms with E-state index in [-0.39, 0.29) is 18.4 Å². The molecule has 2 heterocycles. The molecule has 1 fully saturated rings. The number of hydrogen-bond acceptors (Lipinski definition) is 4. The zero-order chi connectivity index (χ0) is 13.9. The number of rotatable bonds is 3. The maximum Gasteiger partial charge on any atom is 0.262 e. The number of carbonyl (C=O) groups excluding carboxylic acids is 2. The van der Waals surface area contributed by atoms with E-state index in [1.54, 1.807) is 0 Å². The van der Waals surface area contributed by atoms with Gasteiger partial charge in [0.1, 0.15) is 5.75 Å². The van der Waals surface area contributed by atoms with Gasteiger partial charge in [-0.3, -0.25) is 9.59 Å². The van der Waals surface area contributed by atoms with Crippen molar-refractivity contribution in [3.8, 4) is 5.75 Å². The van der Waals surface area contributed by atoms with Crippen molar-refractivity contribution in [3.63, 3.8) is 0 Å². The largest absolute Gasteiger partial charge is 0.482 e. The third kappa shape index (κ3) is 2.91. The van der Waals surface area contributed by atoms with Crippen molar-refractivity contribution < 1.29 is 14.3 Å². The number of benzene rings is 1. The summed E-state index contributed by atoms with van der Waals surface area (Å²) in [6, 6.07) is 6.06. The van der Waals surface area contributed by atoms with E-state index in [1.807, 2.05) is 18.2 Å². The van der Waals surface area contributed by atoms with E-state index in [2.05, 4.69) is 16.0 Å². The molecule has 1 aromatic carbocycles. The second-order valence-corrected chi connectivity index (χ2v) is 5.09. The molecule has 0 bridgehead atoms. The van der Waals surface area contributed by atoms with Gasteiger partial charge in [-0.1, -0.05) is 6.07 Å². The van der Waals surface area contributed by atoms with Gasteiger partial charge in [0.05, 0.1) is 5.69 Å². The Morgan fingerprint density at radius 2 is 2.20 bits per heavy atom. The fourth-order valence-corrected chi connectivity index (χ4v) is 2.41. The average molecular weight is 275 g/mol. The molecule has 20 heavy (non-hydrogen) atoms. The number of hydrogen-bond donors (Lipinski definition) is 3. The van der Waals surface area contributed by atoms with Crippen LogP contribution in [-0.4, -0.2) is 31.0 Å². The van der Waals surface area contributed by atoms with Crippen LogP contribution >= 0.6 is 0 Å². The van der Waals surface area contributed by atoms with E-state index >= 15 is 0 Å². The molecule has 2 aliphatic rings. The molecule has 0 radical (unpaired) electrons. The third-order valence-corrected chi connectivity index (χ3v) is 3.54. The van der Waals surface area contributed by atoms with Gasteiger partial charge < -0.3 is 20.7 Å². The summed E-state index contributed by atoms with van der Waals surface area (Å²) in [5, 5.41) is 9.05. The Kier molecular flexibility index (Phi) is 3.56. The van der Waals surface area contributed by atoms with Crippen molar-refractivity contribution >= 4 is 17.5 Å². The summed E-state index contributed by atoms with van der Waals surface area (Å²) < 4.78 is 5.32. The van der Waals surface area contributed by atoms with Gasteiger partial charge in [0.15, 0.2) is 6.61 Å². The lowest BCUT2D eigenvalue weighted by molar-refractivity contribution is -0.122. The molecule has 6 nitrogen and oxygen atoms in total. The molecule has 1 unspecified atom stereocenters. The second-order valence-electron chi connectivity index (χ2n) is 5.09. The van der Waals surface area contributed by atoms with Gasteiger partial charge in [-0.05, 0) is 24.1 Å². The van der Waals surface area contributed by atoms with Crippen molar-refractivity contribution in [3.05, 3.63) is 23.8 Å². The van der Waals surface area contributed by atoms with Crippen LogP contribution in [-0.2, 0) is 16.1 Å². The number of piperidine rings is 1. The van der Waals surface area contributed by atoms with Gasteiger partial charge in [0, 0.05) is 25.6 Å². The molecule has 2 aliphatic heterocycles. The predicted octanol–water partition coefficient (Wildman–Crippen LogP) is 0.386. The zero-order valence-corrected chi connectivity index (χ0v) is 11.1. The molecule has 2 amide bonds. The maximum atomic E-state index is 11.3. The third-order valence-electron chi connectivity index (χ3n) is 3.54. The van der Waals surface area contributed by atoms with E-state index in [4.69, 9.17) is 4.74 Å². The summed E-state index contributed by atoms with van der Waals surface area (Å²) in [6.45, 7) is 1.44. The van der Waals surface area contributed by atoms with Crippen molar-refractivity contribution in [2.75, 3.05) is 18.5 Å². The Labute approximate surface area is 116 Å². The number of carbonyl (C=O) groups is 2. The van der Waals surface area contributed by atoms with Gasteiger partial charge in [0.25, 0.3) is 5.91 Å². The molecular formula is C14H17N3O3. The number of nitrogens with one attached hydrogen (secondary N) is 3. The van der Waals surface area contributed by atoms with Crippen LogP contribution in [0.5, 0.6) is 5.75 Å². The molecule has 1 aromatic rings. The van der Waals surface area contributed by atoms with Gasteiger partial charge in [0.2, 0.25) is 5.91 Å². The highest BCUT2D eigenvalue weighted by Crippen LogP contribution is 2.28. The van der Waals surface area contributed by atoms with Crippen LogP contribution in [0, 0.1) is 0 Å². The van der Waals surface area contributed by atoms with Gasteiger partial charge in [-0.25, -0.2) is 0 Å². The normalized spacial score (nSPS) is 21.5. The lowest BCUT2D eigenvalue weighted by atomic mass is 10.1. The molecule has 1 saturated heterocycles. The van der Waals surface area contributed by atoms with Crippen molar-refractivity contribution in [2.45, 2.75) is 25.4 Å². The quantitative estimate of drug-likeness (QED) is 0.745. The first-order valence-corrected chi connectivity index (χ1v) is 6.76. The minimum atomic E-state index is -0.127. The molecule has 0 spiro atoms. The number of fused-ring (bicyclic) bond motifs is 1. The lowest BCUT2D eigenvalue weighted by Gasteiger charge is -2.24. The Bertz CT molecular complexity index is 534. The molecule has 3 N–H and O–H groups in total. The molecular weight excluding hydrogens is 258 g/mol. The van der Waals surface area contributed by atoms with Crippen LogP contribution < -0.4 is 20.7 Å².